The highest BCUT2D eigenvalue weighted by Gasteiger charge is 2.71. The van der Waals surface area contributed by atoms with Gasteiger partial charge in [0.15, 0.2) is 0 Å². The Morgan fingerprint density at radius 1 is 1.13 bits per heavy atom. The molecule has 2 unspecified atom stereocenters. The van der Waals surface area contributed by atoms with Gasteiger partial charge in [-0.3, -0.25) is 9.59 Å². The SMILES string of the molecule is C=C1CCC(=O)CCC23C[C@@H]4CCC[C@@]14C2OC(C)(C)OC3=O. The van der Waals surface area contributed by atoms with Gasteiger partial charge in [0.2, 0.25) is 5.79 Å². The van der Waals surface area contributed by atoms with E-state index in [1.54, 1.807) is 0 Å². The Labute approximate surface area is 137 Å². The average Bonchev–Trinajstić information content (AvgIpc) is 2.99. The first-order chi connectivity index (χ1) is 10.8. The predicted octanol–water partition coefficient (Wildman–Crippen LogP) is 3.54. The summed E-state index contributed by atoms with van der Waals surface area (Å²) in [6.07, 6.45) is 6.22. The molecule has 3 saturated carbocycles. The van der Waals surface area contributed by atoms with E-state index in [0.29, 0.717) is 25.2 Å². The summed E-state index contributed by atoms with van der Waals surface area (Å²) in [5, 5.41) is 0. The number of rotatable bonds is 0. The normalized spacial score (nSPS) is 45.6. The average molecular weight is 318 g/mol. The van der Waals surface area contributed by atoms with Gasteiger partial charge in [0, 0.05) is 32.1 Å². The molecule has 1 saturated heterocycles. The summed E-state index contributed by atoms with van der Waals surface area (Å²) in [7, 11) is 0. The molecule has 0 aromatic rings. The molecule has 4 heteroatoms. The first-order valence-corrected chi connectivity index (χ1v) is 8.91. The van der Waals surface area contributed by atoms with Crippen LogP contribution in [0.4, 0.5) is 0 Å². The second-order valence-corrected chi connectivity index (χ2v) is 8.42. The molecule has 1 heterocycles. The summed E-state index contributed by atoms with van der Waals surface area (Å²) in [6, 6.07) is 0. The minimum atomic E-state index is -0.895. The molecule has 4 fully saturated rings. The molecule has 4 rings (SSSR count). The molecule has 3 aliphatic carbocycles. The highest BCUT2D eigenvalue weighted by molar-refractivity contribution is 5.83. The summed E-state index contributed by atoms with van der Waals surface area (Å²) >= 11 is 0. The Morgan fingerprint density at radius 2 is 1.91 bits per heavy atom. The third kappa shape index (κ3) is 1.93. The van der Waals surface area contributed by atoms with E-state index in [1.165, 1.54) is 0 Å². The van der Waals surface area contributed by atoms with Crippen molar-refractivity contribution in [3.8, 4) is 0 Å². The lowest BCUT2D eigenvalue weighted by atomic mass is 9.68. The largest absolute Gasteiger partial charge is 0.433 e. The van der Waals surface area contributed by atoms with Crippen molar-refractivity contribution in [1.29, 1.82) is 0 Å². The maximum absolute atomic E-state index is 13.0. The fourth-order valence-corrected chi connectivity index (χ4v) is 5.81. The third-order valence-electron chi connectivity index (χ3n) is 6.81. The van der Waals surface area contributed by atoms with E-state index in [4.69, 9.17) is 9.47 Å². The minimum Gasteiger partial charge on any atom is -0.433 e. The van der Waals surface area contributed by atoms with Crippen LogP contribution < -0.4 is 0 Å². The van der Waals surface area contributed by atoms with Crippen LogP contribution in [0.15, 0.2) is 12.2 Å². The number of carbonyl (C=O) groups excluding carboxylic acids is 2. The van der Waals surface area contributed by atoms with Crippen LogP contribution in [-0.4, -0.2) is 23.6 Å². The van der Waals surface area contributed by atoms with Crippen LogP contribution in [-0.2, 0) is 19.1 Å². The second kappa shape index (κ2) is 4.69. The zero-order valence-electron chi connectivity index (χ0n) is 14.2. The van der Waals surface area contributed by atoms with Crippen LogP contribution in [0.3, 0.4) is 0 Å². The fraction of sp³-hybridized carbons (Fsp3) is 0.789. The lowest BCUT2D eigenvalue weighted by molar-refractivity contribution is -0.297. The van der Waals surface area contributed by atoms with Crippen LogP contribution in [0, 0.1) is 16.7 Å². The molecular formula is C19H26O4. The van der Waals surface area contributed by atoms with E-state index in [2.05, 4.69) is 6.58 Å². The molecule has 1 aliphatic heterocycles. The molecular weight excluding hydrogens is 292 g/mol. The Bertz CT molecular complexity index is 592. The van der Waals surface area contributed by atoms with Gasteiger partial charge in [0.05, 0.1) is 11.5 Å². The van der Waals surface area contributed by atoms with Gasteiger partial charge in [-0.25, -0.2) is 0 Å². The molecule has 1 spiro atoms. The Hall–Kier alpha value is -1.16. The molecule has 0 amide bonds. The fourth-order valence-electron chi connectivity index (χ4n) is 5.81. The minimum absolute atomic E-state index is 0.138. The summed E-state index contributed by atoms with van der Waals surface area (Å²) in [5.41, 5.74) is 0.345. The van der Waals surface area contributed by atoms with Crippen LogP contribution >= 0.6 is 0 Å². The van der Waals surface area contributed by atoms with Crippen LogP contribution in [0.2, 0.25) is 0 Å². The van der Waals surface area contributed by atoms with Gasteiger partial charge >= 0.3 is 5.97 Å². The monoisotopic (exact) mass is 318 g/mol. The summed E-state index contributed by atoms with van der Waals surface area (Å²) < 4.78 is 12.0. The van der Waals surface area contributed by atoms with Crippen LogP contribution in [0.5, 0.6) is 0 Å². The van der Waals surface area contributed by atoms with Gasteiger partial charge in [-0.15, -0.1) is 0 Å². The quantitative estimate of drug-likeness (QED) is 0.506. The van der Waals surface area contributed by atoms with E-state index in [0.717, 1.165) is 37.7 Å². The van der Waals surface area contributed by atoms with Crippen molar-refractivity contribution in [2.75, 3.05) is 0 Å². The van der Waals surface area contributed by atoms with Crippen molar-refractivity contribution < 1.29 is 19.1 Å². The van der Waals surface area contributed by atoms with Gasteiger partial charge in [-0.1, -0.05) is 18.6 Å². The van der Waals surface area contributed by atoms with Gasteiger partial charge in [0.1, 0.15) is 5.78 Å². The second-order valence-electron chi connectivity index (χ2n) is 8.42. The van der Waals surface area contributed by atoms with Crippen molar-refractivity contribution in [2.45, 2.75) is 77.1 Å². The molecule has 23 heavy (non-hydrogen) atoms. The standard InChI is InChI=1S/C19H26O4/c1-12-6-7-14(20)8-10-18-11-13-5-4-9-19(12,13)15(18)22-17(2,3)23-16(18)21/h13,15H,1,4-11H2,2-3H3/t13-,15?,18?,19+/m0/s1. The molecule has 2 bridgehead atoms. The topological polar surface area (TPSA) is 52.6 Å². The molecule has 0 aromatic heterocycles. The molecule has 126 valence electrons. The number of Topliss-reactive ketones (excluding diaryl/α,β-unsaturated/α-hetero) is 1. The zero-order chi connectivity index (χ0) is 16.5. The number of esters is 1. The Kier molecular flexibility index (Phi) is 3.13. The highest BCUT2D eigenvalue weighted by atomic mass is 16.7. The molecule has 0 aromatic carbocycles. The van der Waals surface area contributed by atoms with Gasteiger partial charge in [0.25, 0.3) is 0 Å². The maximum Gasteiger partial charge on any atom is 0.317 e. The first-order valence-electron chi connectivity index (χ1n) is 8.91. The van der Waals surface area contributed by atoms with E-state index in [9.17, 15) is 9.59 Å². The number of hydrogen-bond acceptors (Lipinski definition) is 4. The maximum atomic E-state index is 13.0. The Morgan fingerprint density at radius 3 is 2.70 bits per heavy atom. The molecule has 4 atom stereocenters. The van der Waals surface area contributed by atoms with E-state index >= 15 is 0 Å². The number of ketones is 1. The number of cyclic esters (lactones) is 1. The van der Waals surface area contributed by atoms with Crippen molar-refractivity contribution in [2.24, 2.45) is 16.7 Å². The van der Waals surface area contributed by atoms with Gasteiger partial charge < -0.3 is 9.47 Å². The van der Waals surface area contributed by atoms with E-state index < -0.39 is 11.2 Å². The number of hydrogen-bond donors (Lipinski definition) is 0. The Balaban J connectivity index is 1.87. The van der Waals surface area contributed by atoms with Crippen LogP contribution in [0.1, 0.15) is 65.2 Å². The predicted molar refractivity (Wildman–Crippen MR) is 84.5 cm³/mol. The molecule has 0 radical (unpaired) electrons. The van der Waals surface area contributed by atoms with E-state index in [1.807, 2.05) is 13.8 Å². The molecule has 0 N–H and O–H groups in total. The highest BCUT2D eigenvalue weighted by Crippen LogP contribution is 2.69. The van der Waals surface area contributed by atoms with Crippen LogP contribution in [0.25, 0.3) is 0 Å². The zero-order valence-corrected chi connectivity index (χ0v) is 14.2. The first kappa shape index (κ1) is 15.4. The number of carbonyl (C=O) groups is 2. The van der Waals surface area contributed by atoms with Crippen molar-refractivity contribution >= 4 is 11.8 Å². The molecule has 4 aliphatic rings. The van der Waals surface area contributed by atoms with Crippen molar-refractivity contribution in [1.82, 2.24) is 0 Å². The third-order valence-corrected chi connectivity index (χ3v) is 6.81. The lowest BCUT2D eigenvalue weighted by Crippen LogP contribution is -2.58. The van der Waals surface area contributed by atoms with Crippen molar-refractivity contribution in [3.05, 3.63) is 12.2 Å². The number of ether oxygens (including phenoxy) is 2. The van der Waals surface area contributed by atoms with Crippen molar-refractivity contribution in [3.63, 3.8) is 0 Å². The van der Waals surface area contributed by atoms with Gasteiger partial charge in [-0.2, -0.15) is 0 Å². The summed E-state index contributed by atoms with van der Waals surface area (Å²) in [4.78, 5) is 25.2. The smallest absolute Gasteiger partial charge is 0.317 e. The summed E-state index contributed by atoms with van der Waals surface area (Å²) in [6.45, 7) is 8.02. The van der Waals surface area contributed by atoms with Gasteiger partial charge in [-0.05, 0) is 38.0 Å². The lowest BCUT2D eigenvalue weighted by Gasteiger charge is -2.49. The summed E-state index contributed by atoms with van der Waals surface area (Å²) in [5.74, 6) is -0.381. The molecule has 4 nitrogen and oxygen atoms in total. The van der Waals surface area contributed by atoms with E-state index in [-0.39, 0.29) is 23.3 Å².